The maximum Gasteiger partial charge on any atom is -0.0386 e. The molecule has 41 valence electrons. The van der Waals surface area contributed by atoms with E-state index in [1.807, 2.05) is 0 Å². The topological polar surface area (TPSA) is 0 Å². The number of unbranched alkanes of at least 4 members (excludes halogenated alkanes) is 4. The van der Waals surface area contributed by atoms with Crippen molar-refractivity contribution < 1.29 is 0 Å². The van der Waals surface area contributed by atoms with Crippen LogP contribution in [-0.4, -0.2) is 0 Å². The minimum absolute atomic E-state index is 0.958. The zero-order chi connectivity index (χ0) is 5.54. The Hall–Kier alpha value is 0. The van der Waals surface area contributed by atoms with Gasteiger partial charge in [0.2, 0.25) is 0 Å². The fraction of sp³-hybridized carbons (Fsp3) is 0.571. The Morgan fingerprint density at radius 3 is 2.43 bits per heavy atom. The maximum atomic E-state index is 3.72. The summed E-state index contributed by atoms with van der Waals surface area (Å²) in [5, 5.41) is 0. The molecule has 0 saturated carbocycles. The van der Waals surface area contributed by atoms with Gasteiger partial charge in [-0.25, -0.2) is 0 Å². The SMILES string of the molecule is [CH2]C[CH]CCC[CH2]. The van der Waals surface area contributed by atoms with Crippen LogP contribution in [0.5, 0.6) is 0 Å². The van der Waals surface area contributed by atoms with E-state index in [1.165, 1.54) is 12.8 Å². The molecule has 0 unspecified atom stereocenters. The second-order valence-corrected chi connectivity index (χ2v) is 1.57. The van der Waals surface area contributed by atoms with Gasteiger partial charge in [-0.2, -0.15) is 0 Å². The van der Waals surface area contributed by atoms with Crippen molar-refractivity contribution in [3.8, 4) is 0 Å². The second kappa shape index (κ2) is 6.00. The molecule has 3 radical (unpaired) electrons. The first-order valence-electron chi connectivity index (χ1n) is 2.82. The first kappa shape index (κ1) is 7.00. The summed E-state index contributed by atoms with van der Waals surface area (Å²) in [6.45, 7) is 7.40. The maximum absolute atomic E-state index is 3.72. The molecule has 0 rings (SSSR count). The van der Waals surface area contributed by atoms with Gasteiger partial charge in [-0.15, -0.1) is 0 Å². The van der Waals surface area contributed by atoms with E-state index in [1.54, 1.807) is 0 Å². The lowest BCUT2D eigenvalue weighted by Gasteiger charge is -1.90. The van der Waals surface area contributed by atoms with E-state index >= 15 is 0 Å². The molecule has 0 saturated heterocycles. The van der Waals surface area contributed by atoms with E-state index in [0.29, 0.717) is 0 Å². The molecule has 0 N–H and O–H groups in total. The molecule has 0 aliphatic rings. The second-order valence-electron chi connectivity index (χ2n) is 1.57. The molecule has 0 aromatic carbocycles. The van der Waals surface area contributed by atoms with E-state index in [-0.39, 0.29) is 0 Å². The van der Waals surface area contributed by atoms with E-state index in [9.17, 15) is 0 Å². The molecule has 0 aromatic heterocycles. The van der Waals surface area contributed by atoms with Crippen molar-refractivity contribution in [2.24, 2.45) is 0 Å². The number of rotatable bonds is 4. The van der Waals surface area contributed by atoms with Gasteiger partial charge in [-0.3, -0.25) is 0 Å². The minimum Gasteiger partial charge on any atom is -0.0533 e. The van der Waals surface area contributed by atoms with Crippen LogP contribution >= 0.6 is 0 Å². The monoisotopic (exact) mass is 97.1 g/mol. The largest absolute Gasteiger partial charge is 0.0533 e. The Morgan fingerprint density at radius 1 is 1.29 bits per heavy atom. The summed E-state index contributed by atoms with van der Waals surface area (Å²) in [5.41, 5.74) is 0. The van der Waals surface area contributed by atoms with Crippen LogP contribution < -0.4 is 0 Å². The van der Waals surface area contributed by atoms with Crippen LogP contribution in [-0.2, 0) is 0 Å². The lowest BCUT2D eigenvalue weighted by atomic mass is 10.2. The van der Waals surface area contributed by atoms with Gasteiger partial charge in [0.05, 0.1) is 0 Å². The molecule has 0 aliphatic heterocycles. The van der Waals surface area contributed by atoms with E-state index in [4.69, 9.17) is 0 Å². The summed E-state index contributed by atoms with van der Waals surface area (Å²) in [6, 6.07) is 0. The Morgan fingerprint density at radius 2 is 2.00 bits per heavy atom. The highest BCUT2D eigenvalue weighted by Crippen LogP contribution is 1.98. The highest BCUT2D eigenvalue weighted by Gasteiger charge is 1.80. The zero-order valence-corrected chi connectivity index (χ0v) is 4.82. The van der Waals surface area contributed by atoms with Gasteiger partial charge in [-0.05, 0) is 6.42 Å². The third kappa shape index (κ3) is 6.00. The fourth-order valence-electron chi connectivity index (χ4n) is 0.433. The average molecular weight is 97.2 g/mol. The first-order valence-corrected chi connectivity index (χ1v) is 2.82. The van der Waals surface area contributed by atoms with Crippen LogP contribution in [0.2, 0.25) is 0 Å². The third-order valence-corrected chi connectivity index (χ3v) is 0.862. The molecular weight excluding hydrogens is 84.1 g/mol. The van der Waals surface area contributed by atoms with E-state index in [2.05, 4.69) is 20.3 Å². The van der Waals surface area contributed by atoms with Crippen LogP contribution in [0.25, 0.3) is 0 Å². The zero-order valence-electron chi connectivity index (χ0n) is 4.82. The Balaban J connectivity index is 2.45. The molecule has 0 aromatic rings. The summed E-state index contributed by atoms with van der Waals surface area (Å²) in [7, 11) is 0. The quantitative estimate of drug-likeness (QED) is 0.472. The molecule has 0 nitrogen and oxygen atoms in total. The molecule has 0 heterocycles. The summed E-state index contributed by atoms with van der Waals surface area (Å²) in [4.78, 5) is 0. The smallest absolute Gasteiger partial charge is 0.0386 e. The van der Waals surface area contributed by atoms with Crippen molar-refractivity contribution in [1.29, 1.82) is 0 Å². The molecule has 0 spiro atoms. The molecule has 7 heavy (non-hydrogen) atoms. The van der Waals surface area contributed by atoms with Crippen molar-refractivity contribution >= 4 is 0 Å². The van der Waals surface area contributed by atoms with Gasteiger partial charge >= 0.3 is 0 Å². The highest BCUT2D eigenvalue weighted by atomic mass is 13.9. The van der Waals surface area contributed by atoms with Crippen LogP contribution in [0.4, 0.5) is 0 Å². The van der Waals surface area contributed by atoms with Gasteiger partial charge in [0.15, 0.2) is 0 Å². The van der Waals surface area contributed by atoms with E-state index in [0.717, 1.165) is 12.8 Å². The van der Waals surface area contributed by atoms with Gasteiger partial charge in [0, 0.05) is 0 Å². The predicted molar refractivity (Wildman–Crippen MR) is 33.5 cm³/mol. The van der Waals surface area contributed by atoms with Crippen molar-refractivity contribution in [2.75, 3.05) is 0 Å². The van der Waals surface area contributed by atoms with Crippen molar-refractivity contribution in [1.82, 2.24) is 0 Å². The number of hydrogen-bond donors (Lipinski definition) is 0. The molecular formula is C7H13. The van der Waals surface area contributed by atoms with Crippen LogP contribution in [0.15, 0.2) is 0 Å². The van der Waals surface area contributed by atoms with Crippen LogP contribution in [0.3, 0.4) is 0 Å². The molecule has 0 heteroatoms. The molecule has 0 atom stereocenters. The van der Waals surface area contributed by atoms with Crippen molar-refractivity contribution in [3.63, 3.8) is 0 Å². The fourth-order valence-corrected chi connectivity index (χ4v) is 0.433. The lowest BCUT2D eigenvalue weighted by Crippen LogP contribution is -1.72. The standard InChI is InChI=1S/C7H13/c1-3-5-7-6-4-2/h5H,1-4,6-7H2. The van der Waals surface area contributed by atoms with E-state index < -0.39 is 0 Å². The van der Waals surface area contributed by atoms with Crippen molar-refractivity contribution in [3.05, 3.63) is 20.3 Å². The first-order chi connectivity index (χ1) is 3.41. The lowest BCUT2D eigenvalue weighted by molar-refractivity contribution is 0.809. The van der Waals surface area contributed by atoms with Gasteiger partial charge < -0.3 is 0 Å². The summed E-state index contributed by atoms with van der Waals surface area (Å²) in [6.07, 6.45) is 6.60. The third-order valence-electron chi connectivity index (χ3n) is 0.862. The Kier molecular flexibility index (Phi) is 6.00. The summed E-state index contributed by atoms with van der Waals surface area (Å²) in [5.74, 6) is 0. The normalized spacial score (nSPS) is 9.43. The van der Waals surface area contributed by atoms with Gasteiger partial charge in [0.25, 0.3) is 0 Å². The van der Waals surface area contributed by atoms with Gasteiger partial charge in [-0.1, -0.05) is 39.5 Å². The Bertz CT molecular complexity index is 19.2. The number of hydrogen-bond acceptors (Lipinski definition) is 0. The Labute approximate surface area is 46.9 Å². The summed E-state index contributed by atoms with van der Waals surface area (Å²) < 4.78 is 0. The summed E-state index contributed by atoms with van der Waals surface area (Å²) >= 11 is 0. The molecule has 0 fully saturated rings. The van der Waals surface area contributed by atoms with Crippen molar-refractivity contribution in [2.45, 2.75) is 25.7 Å². The molecule has 0 aliphatic carbocycles. The highest BCUT2D eigenvalue weighted by molar-refractivity contribution is 4.64. The van der Waals surface area contributed by atoms with Crippen LogP contribution in [0, 0.1) is 20.3 Å². The average Bonchev–Trinajstić information content (AvgIpc) is 1.69. The molecule has 0 bridgehead atoms. The predicted octanol–water partition coefficient (Wildman–Crippen LogP) is 2.42. The molecule has 0 amide bonds. The minimum atomic E-state index is 0.958. The van der Waals surface area contributed by atoms with Crippen LogP contribution in [0.1, 0.15) is 25.7 Å². The van der Waals surface area contributed by atoms with Gasteiger partial charge in [0.1, 0.15) is 0 Å².